The van der Waals surface area contributed by atoms with Crippen LogP contribution in [0.15, 0.2) is 18.5 Å². The summed E-state index contributed by atoms with van der Waals surface area (Å²) in [6.45, 7) is 0.539. The molecule has 0 spiro atoms. The largest absolute Gasteiger partial charge is 0.378 e. The van der Waals surface area contributed by atoms with E-state index in [1.807, 2.05) is 16.8 Å². The highest BCUT2D eigenvalue weighted by atomic mass is 127. The van der Waals surface area contributed by atoms with Gasteiger partial charge >= 0.3 is 0 Å². The van der Waals surface area contributed by atoms with Crippen molar-refractivity contribution in [1.29, 1.82) is 0 Å². The molecule has 0 aliphatic rings. The Morgan fingerprint density at radius 2 is 2.46 bits per heavy atom. The number of hydrogen-bond acceptors (Lipinski definition) is 3. The van der Waals surface area contributed by atoms with Gasteiger partial charge in [-0.2, -0.15) is 5.10 Å². The van der Waals surface area contributed by atoms with E-state index in [-0.39, 0.29) is 0 Å². The van der Waals surface area contributed by atoms with Gasteiger partial charge in [-0.25, -0.2) is 9.50 Å². The zero-order valence-electron chi connectivity index (χ0n) is 7.07. The van der Waals surface area contributed by atoms with E-state index in [2.05, 4.69) is 32.7 Å². The molecule has 0 unspecified atom stereocenters. The second-order valence-electron chi connectivity index (χ2n) is 2.62. The van der Waals surface area contributed by atoms with Crippen molar-refractivity contribution in [3.8, 4) is 0 Å². The van der Waals surface area contributed by atoms with Gasteiger partial charge in [0.2, 0.25) is 0 Å². The summed E-state index contributed by atoms with van der Waals surface area (Å²) in [5, 5.41) is 4.31. The van der Waals surface area contributed by atoms with Crippen molar-refractivity contribution in [1.82, 2.24) is 14.6 Å². The molecule has 0 amide bonds. The van der Waals surface area contributed by atoms with E-state index >= 15 is 0 Å². The molecule has 0 aromatic carbocycles. The van der Waals surface area contributed by atoms with Gasteiger partial charge in [-0.3, -0.25) is 0 Å². The molecule has 0 N–H and O–H groups in total. The van der Waals surface area contributed by atoms with E-state index < -0.39 is 0 Å². The van der Waals surface area contributed by atoms with Gasteiger partial charge in [-0.1, -0.05) is 0 Å². The lowest BCUT2D eigenvalue weighted by Crippen LogP contribution is -1.92. The Morgan fingerprint density at radius 1 is 1.62 bits per heavy atom. The highest BCUT2D eigenvalue weighted by Gasteiger charge is 2.03. The number of hydrogen-bond donors (Lipinski definition) is 0. The van der Waals surface area contributed by atoms with Crippen molar-refractivity contribution in [2.24, 2.45) is 0 Å². The van der Waals surface area contributed by atoms with Gasteiger partial charge in [-0.05, 0) is 28.7 Å². The molecular weight excluding hydrogens is 281 g/mol. The maximum atomic E-state index is 5.00. The minimum atomic E-state index is 0.539. The van der Waals surface area contributed by atoms with Crippen LogP contribution in [-0.2, 0) is 11.3 Å². The molecule has 0 radical (unpaired) electrons. The van der Waals surface area contributed by atoms with Crippen LogP contribution in [-0.4, -0.2) is 21.7 Å². The number of ether oxygens (including phenoxy) is 1. The summed E-state index contributed by atoms with van der Waals surface area (Å²) in [5.74, 6) is 0. The average Bonchev–Trinajstić information content (AvgIpc) is 2.49. The quantitative estimate of drug-likeness (QED) is 0.786. The van der Waals surface area contributed by atoms with Crippen LogP contribution in [0.2, 0.25) is 0 Å². The summed E-state index contributed by atoms with van der Waals surface area (Å²) in [4.78, 5) is 4.17. The molecule has 2 aromatic rings. The van der Waals surface area contributed by atoms with Crippen LogP contribution >= 0.6 is 22.6 Å². The first kappa shape index (κ1) is 8.89. The van der Waals surface area contributed by atoms with Crippen LogP contribution in [0.1, 0.15) is 5.69 Å². The predicted molar refractivity (Wildman–Crippen MR) is 56.4 cm³/mol. The van der Waals surface area contributed by atoms with Gasteiger partial charge in [0, 0.05) is 19.5 Å². The summed E-state index contributed by atoms with van der Waals surface area (Å²) < 4.78 is 7.76. The number of aromatic nitrogens is 3. The molecule has 13 heavy (non-hydrogen) atoms. The molecule has 0 saturated heterocycles. The minimum Gasteiger partial charge on any atom is -0.378 e. The summed E-state index contributed by atoms with van der Waals surface area (Å²) in [7, 11) is 1.66. The van der Waals surface area contributed by atoms with Crippen LogP contribution in [0.4, 0.5) is 0 Å². The van der Waals surface area contributed by atoms with E-state index in [9.17, 15) is 0 Å². The monoisotopic (exact) mass is 289 g/mol. The average molecular weight is 289 g/mol. The van der Waals surface area contributed by atoms with Crippen molar-refractivity contribution in [3.63, 3.8) is 0 Å². The zero-order chi connectivity index (χ0) is 9.26. The molecule has 2 aromatic heterocycles. The maximum Gasteiger partial charge on any atom is 0.127 e. The SMILES string of the molecule is COCc1cc2c(I)nccn2n1. The Labute approximate surface area is 89.1 Å². The topological polar surface area (TPSA) is 39.4 Å². The first-order valence-electron chi connectivity index (χ1n) is 3.79. The molecule has 0 atom stereocenters. The third kappa shape index (κ3) is 1.66. The van der Waals surface area contributed by atoms with Gasteiger partial charge in [0.05, 0.1) is 17.8 Å². The number of methoxy groups -OCH3 is 1. The number of halogens is 1. The molecule has 2 heterocycles. The van der Waals surface area contributed by atoms with Gasteiger partial charge in [0.15, 0.2) is 0 Å². The summed E-state index contributed by atoms with van der Waals surface area (Å²) in [6.07, 6.45) is 3.56. The summed E-state index contributed by atoms with van der Waals surface area (Å²) in [5.41, 5.74) is 1.95. The van der Waals surface area contributed by atoms with Crippen molar-refractivity contribution >= 4 is 28.1 Å². The molecule has 5 heteroatoms. The molecule has 0 aliphatic heterocycles. The Bertz CT molecular complexity index is 426. The second kappa shape index (κ2) is 3.59. The maximum absolute atomic E-state index is 5.00. The summed E-state index contributed by atoms with van der Waals surface area (Å²) in [6, 6.07) is 1.98. The third-order valence-corrected chi connectivity index (χ3v) is 2.52. The van der Waals surface area contributed by atoms with Crippen molar-refractivity contribution in [2.75, 3.05) is 7.11 Å². The Hall–Kier alpha value is -0.690. The van der Waals surface area contributed by atoms with Crippen LogP contribution < -0.4 is 0 Å². The van der Waals surface area contributed by atoms with Crippen LogP contribution in [0, 0.1) is 3.70 Å². The van der Waals surface area contributed by atoms with E-state index in [1.165, 1.54) is 0 Å². The fourth-order valence-electron chi connectivity index (χ4n) is 1.16. The lowest BCUT2D eigenvalue weighted by atomic mass is 10.4. The van der Waals surface area contributed by atoms with Crippen molar-refractivity contribution < 1.29 is 4.74 Å². The van der Waals surface area contributed by atoms with Crippen LogP contribution in [0.3, 0.4) is 0 Å². The third-order valence-electron chi connectivity index (χ3n) is 1.69. The number of fused-ring (bicyclic) bond motifs is 1. The molecule has 4 nitrogen and oxygen atoms in total. The summed E-state index contributed by atoms with van der Waals surface area (Å²) >= 11 is 2.19. The molecule has 68 valence electrons. The van der Waals surface area contributed by atoms with E-state index in [4.69, 9.17) is 4.74 Å². The van der Waals surface area contributed by atoms with E-state index in [0.29, 0.717) is 6.61 Å². The molecule has 0 bridgehead atoms. The Morgan fingerprint density at radius 3 is 3.15 bits per heavy atom. The van der Waals surface area contributed by atoms with Crippen molar-refractivity contribution in [2.45, 2.75) is 6.61 Å². The first-order valence-corrected chi connectivity index (χ1v) is 4.87. The highest BCUT2D eigenvalue weighted by molar-refractivity contribution is 14.1. The Balaban J connectivity index is 2.55. The normalized spacial score (nSPS) is 10.9. The first-order chi connectivity index (χ1) is 6.31. The predicted octanol–water partition coefficient (Wildman–Crippen LogP) is 1.48. The van der Waals surface area contributed by atoms with Crippen LogP contribution in [0.5, 0.6) is 0 Å². The molecule has 2 rings (SSSR count). The second-order valence-corrected chi connectivity index (χ2v) is 3.64. The van der Waals surface area contributed by atoms with Gasteiger partial charge in [0.25, 0.3) is 0 Å². The fourth-order valence-corrected chi connectivity index (χ4v) is 1.72. The lowest BCUT2D eigenvalue weighted by Gasteiger charge is -1.92. The molecule has 0 aliphatic carbocycles. The van der Waals surface area contributed by atoms with E-state index in [1.54, 1.807) is 13.3 Å². The number of rotatable bonds is 2. The fraction of sp³-hybridized carbons (Fsp3) is 0.250. The van der Waals surface area contributed by atoms with Gasteiger partial charge in [0.1, 0.15) is 3.70 Å². The smallest absolute Gasteiger partial charge is 0.127 e. The van der Waals surface area contributed by atoms with Gasteiger partial charge in [-0.15, -0.1) is 0 Å². The Kier molecular flexibility index (Phi) is 2.45. The standard InChI is InChI=1S/C8H8IN3O/c1-13-5-6-4-7-8(9)10-2-3-12(7)11-6/h2-4H,5H2,1H3. The zero-order valence-corrected chi connectivity index (χ0v) is 9.22. The highest BCUT2D eigenvalue weighted by Crippen LogP contribution is 2.12. The minimum absolute atomic E-state index is 0.539. The molecule has 0 saturated carbocycles. The van der Waals surface area contributed by atoms with Crippen molar-refractivity contribution in [3.05, 3.63) is 27.9 Å². The van der Waals surface area contributed by atoms with Gasteiger partial charge < -0.3 is 4.74 Å². The molecule has 0 fully saturated rings. The van der Waals surface area contributed by atoms with Crippen LogP contribution in [0.25, 0.3) is 5.52 Å². The van der Waals surface area contributed by atoms with E-state index in [0.717, 1.165) is 14.9 Å². The molecular formula is C8H8IN3O. The lowest BCUT2D eigenvalue weighted by molar-refractivity contribution is 0.181. The number of nitrogens with zero attached hydrogens (tertiary/aromatic N) is 3.